The van der Waals surface area contributed by atoms with Gasteiger partial charge in [-0.2, -0.15) is 0 Å². The lowest BCUT2D eigenvalue weighted by Gasteiger charge is -2.10. The summed E-state index contributed by atoms with van der Waals surface area (Å²) in [6.07, 6.45) is 0. The second kappa shape index (κ2) is 5.71. The number of benzene rings is 2. The minimum atomic E-state index is -0.498. The SMILES string of the molecule is Cc1ccc(-c2cc(C(=O)Cl)c3ccc(Cl)c(C)c3n2)cc1. The van der Waals surface area contributed by atoms with Gasteiger partial charge in [0.15, 0.2) is 0 Å². The Balaban J connectivity index is 2.35. The first-order valence-electron chi connectivity index (χ1n) is 6.84. The number of nitrogens with zero attached hydrogens (tertiary/aromatic N) is 1. The first kappa shape index (κ1) is 15.0. The predicted octanol–water partition coefficient (Wildman–Crippen LogP) is 5.55. The molecule has 0 atom stereocenters. The van der Waals surface area contributed by atoms with E-state index in [9.17, 15) is 4.79 Å². The van der Waals surface area contributed by atoms with Gasteiger partial charge in [0.1, 0.15) is 0 Å². The largest absolute Gasteiger partial charge is 0.276 e. The molecule has 2 nitrogen and oxygen atoms in total. The second-order valence-corrected chi connectivity index (χ2v) is 6.01. The van der Waals surface area contributed by atoms with Crippen LogP contribution >= 0.6 is 23.2 Å². The van der Waals surface area contributed by atoms with E-state index in [0.717, 1.165) is 22.1 Å². The van der Waals surface area contributed by atoms with Gasteiger partial charge < -0.3 is 0 Å². The standard InChI is InChI=1S/C18H13Cl2NO/c1-10-3-5-12(6-4-10)16-9-14(18(20)22)13-7-8-15(19)11(2)17(13)21-16/h3-9H,1-2H3. The molecule has 0 spiro atoms. The number of hydrogen-bond acceptors (Lipinski definition) is 2. The number of pyridine rings is 1. The van der Waals surface area contributed by atoms with E-state index in [0.29, 0.717) is 21.8 Å². The number of rotatable bonds is 2. The third-order valence-electron chi connectivity index (χ3n) is 3.73. The molecule has 4 heteroatoms. The van der Waals surface area contributed by atoms with Gasteiger partial charge in [0, 0.05) is 21.5 Å². The molecular weight excluding hydrogens is 317 g/mol. The molecule has 0 amide bonds. The van der Waals surface area contributed by atoms with Crippen LogP contribution in [0.25, 0.3) is 22.2 Å². The van der Waals surface area contributed by atoms with Crippen LogP contribution in [0.15, 0.2) is 42.5 Å². The van der Waals surface area contributed by atoms with Gasteiger partial charge in [-0.05, 0) is 43.1 Å². The van der Waals surface area contributed by atoms with Gasteiger partial charge in [-0.1, -0.05) is 47.5 Å². The molecule has 0 bridgehead atoms. The molecule has 0 saturated carbocycles. The summed E-state index contributed by atoms with van der Waals surface area (Å²) in [6.45, 7) is 3.91. The summed E-state index contributed by atoms with van der Waals surface area (Å²) in [7, 11) is 0. The highest BCUT2D eigenvalue weighted by molar-refractivity contribution is 6.68. The van der Waals surface area contributed by atoms with E-state index in [4.69, 9.17) is 23.2 Å². The molecule has 0 unspecified atom stereocenters. The zero-order valence-corrected chi connectivity index (χ0v) is 13.7. The fourth-order valence-corrected chi connectivity index (χ4v) is 2.75. The number of carbonyl (C=O) groups excluding carboxylic acids is 1. The fraction of sp³-hybridized carbons (Fsp3) is 0.111. The molecule has 0 radical (unpaired) electrons. The summed E-state index contributed by atoms with van der Waals surface area (Å²) in [5.41, 5.74) is 4.80. The number of aromatic nitrogens is 1. The topological polar surface area (TPSA) is 30.0 Å². The van der Waals surface area contributed by atoms with Crippen LogP contribution in [0.2, 0.25) is 5.02 Å². The van der Waals surface area contributed by atoms with E-state index in [-0.39, 0.29) is 0 Å². The van der Waals surface area contributed by atoms with Crippen molar-refractivity contribution in [3.05, 3.63) is 64.2 Å². The number of hydrogen-bond donors (Lipinski definition) is 0. The quantitative estimate of drug-likeness (QED) is 0.577. The maximum absolute atomic E-state index is 11.8. The molecular formula is C18H13Cl2NO. The van der Waals surface area contributed by atoms with E-state index in [1.54, 1.807) is 18.2 Å². The van der Waals surface area contributed by atoms with Crippen LogP contribution in [0.3, 0.4) is 0 Å². The Hall–Kier alpha value is -1.90. The van der Waals surface area contributed by atoms with Crippen LogP contribution in [-0.4, -0.2) is 10.2 Å². The third kappa shape index (κ3) is 2.60. The molecule has 0 aliphatic carbocycles. The summed E-state index contributed by atoms with van der Waals surface area (Å²) < 4.78 is 0. The average Bonchev–Trinajstić information content (AvgIpc) is 2.51. The molecule has 0 saturated heterocycles. The Kier molecular flexibility index (Phi) is 3.90. The molecule has 3 aromatic rings. The van der Waals surface area contributed by atoms with Crippen molar-refractivity contribution in [3.63, 3.8) is 0 Å². The molecule has 0 N–H and O–H groups in total. The first-order chi connectivity index (χ1) is 10.5. The maximum Gasteiger partial charge on any atom is 0.253 e. The van der Waals surface area contributed by atoms with Gasteiger partial charge in [-0.25, -0.2) is 4.98 Å². The van der Waals surface area contributed by atoms with Crippen LogP contribution < -0.4 is 0 Å². The van der Waals surface area contributed by atoms with Gasteiger partial charge >= 0.3 is 0 Å². The van der Waals surface area contributed by atoms with Crippen molar-refractivity contribution < 1.29 is 4.79 Å². The lowest BCUT2D eigenvalue weighted by molar-refractivity contribution is 0.108. The summed E-state index contributed by atoms with van der Waals surface area (Å²) in [5, 5.41) is 0.842. The second-order valence-electron chi connectivity index (χ2n) is 5.26. The Morgan fingerprint density at radius 3 is 2.36 bits per heavy atom. The van der Waals surface area contributed by atoms with Crippen LogP contribution in [0.5, 0.6) is 0 Å². The smallest absolute Gasteiger partial charge is 0.253 e. The molecule has 1 heterocycles. The zero-order chi connectivity index (χ0) is 15.9. The van der Waals surface area contributed by atoms with E-state index < -0.39 is 5.24 Å². The van der Waals surface area contributed by atoms with E-state index in [1.807, 2.05) is 38.1 Å². The van der Waals surface area contributed by atoms with Crippen LogP contribution in [0, 0.1) is 13.8 Å². The highest BCUT2D eigenvalue weighted by Gasteiger charge is 2.14. The summed E-state index contributed by atoms with van der Waals surface area (Å²) in [5.74, 6) is 0. The van der Waals surface area contributed by atoms with Crippen LogP contribution in [0.1, 0.15) is 21.5 Å². The summed E-state index contributed by atoms with van der Waals surface area (Å²) >= 11 is 11.9. The van der Waals surface area contributed by atoms with Gasteiger partial charge in [0.05, 0.1) is 11.2 Å². The summed E-state index contributed by atoms with van der Waals surface area (Å²) in [6, 6.07) is 13.2. The van der Waals surface area contributed by atoms with Crippen molar-refractivity contribution in [2.45, 2.75) is 13.8 Å². The Morgan fingerprint density at radius 1 is 1.05 bits per heavy atom. The monoisotopic (exact) mass is 329 g/mol. The number of fused-ring (bicyclic) bond motifs is 1. The molecule has 110 valence electrons. The van der Waals surface area contributed by atoms with E-state index >= 15 is 0 Å². The zero-order valence-electron chi connectivity index (χ0n) is 12.2. The molecule has 2 aromatic carbocycles. The average molecular weight is 330 g/mol. The van der Waals surface area contributed by atoms with Crippen LogP contribution in [0.4, 0.5) is 0 Å². The highest BCUT2D eigenvalue weighted by atomic mass is 35.5. The fourth-order valence-electron chi connectivity index (χ4n) is 2.44. The van der Waals surface area contributed by atoms with Gasteiger partial charge in [-0.15, -0.1) is 0 Å². The maximum atomic E-state index is 11.8. The van der Waals surface area contributed by atoms with Crippen molar-refractivity contribution in [1.82, 2.24) is 4.98 Å². The van der Waals surface area contributed by atoms with Crippen molar-refractivity contribution >= 4 is 39.3 Å². The minimum Gasteiger partial charge on any atom is -0.276 e. The van der Waals surface area contributed by atoms with Crippen molar-refractivity contribution in [2.24, 2.45) is 0 Å². The molecule has 0 aliphatic rings. The summed E-state index contributed by atoms with van der Waals surface area (Å²) in [4.78, 5) is 16.5. The van der Waals surface area contributed by atoms with Gasteiger partial charge in [0.2, 0.25) is 0 Å². The predicted molar refractivity (Wildman–Crippen MR) is 91.8 cm³/mol. The van der Waals surface area contributed by atoms with E-state index in [2.05, 4.69) is 4.98 Å². The number of carbonyl (C=O) groups is 1. The molecule has 1 aromatic heterocycles. The third-order valence-corrected chi connectivity index (χ3v) is 4.34. The van der Waals surface area contributed by atoms with Gasteiger partial charge in [-0.3, -0.25) is 4.79 Å². The van der Waals surface area contributed by atoms with Crippen molar-refractivity contribution in [3.8, 4) is 11.3 Å². The van der Waals surface area contributed by atoms with Crippen molar-refractivity contribution in [2.75, 3.05) is 0 Å². The normalized spacial score (nSPS) is 10.9. The van der Waals surface area contributed by atoms with E-state index in [1.165, 1.54) is 0 Å². The van der Waals surface area contributed by atoms with Crippen molar-refractivity contribution in [1.29, 1.82) is 0 Å². The highest BCUT2D eigenvalue weighted by Crippen LogP contribution is 2.30. The van der Waals surface area contributed by atoms with Gasteiger partial charge in [0.25, 0.3) is 5.24 Å². The Morgan fingerprint density at radius 2 is 1.73 bits per heavy atom. The Bertz CT molecular complexity index is 886. The van der Waals surface area contributed by atoms with Crippen LogP contribution in [-0.2, 0) is 0 Å². The lowest BCUT2D eigenvalue weighted by atomic mass is 10.0. The molecule has 22 heavy (non-hydrogen) atoms. The lowest BCUT2D eigenvalue weighted by Crippen LogP contribution is -1.97. The molecule has 0 aliphatic heterocycles. The minimum absolute atomic E-state index is 0.446. The number of halogens is 2. The first-order valence-corrected chi connectivity index (χ1v) is 7.59. The molecule has 0 fully saturated rings. The molecule has 3 rings (SSSR count). The Labute approximate surface area is 138 Å². The number of aryl methyl sites for hydroxylation is 2.